The number of allylic oxidation sites excluding steroid dienone is 2. The second-order valence-electron chi connectivity index (χ2n) is 5.31. The first-order chi connectivity index (χ1) is 9.49. The van der Waals surface area contributed by atoms with Crippen molar-refractivity contribution in [3.05, 3.63) is 39.9 Å². The van der Waals surface area contributed by atoms with Crippen LogP contribution in [0, 0.1) is 11.8 Å². The third-order valence-corrected chi connectivity index (χ3v) is 4.51. The maximum atomic E-state index is 12.5. The van der Waals surface area contributed by atoms with Gasteiger partial charge in [0, 0.05) is 5.02 Å². The predicted molar refractivity (Wildman–Crippen MR) is 78.9 cm³/mol. The molecule has 1 aromatic carbocycles. The fourth-order valence-electron chi connectivity index (χ4n) is 2.94. The van der Waals surface area contributed by atoms with Crippen LogP contribution in [0.1, 0.15) is 19.8 Å². The van der Waals surface area contributed by atoms with Crippen LogP contribution in [0.4, 0.5) is 5.69 Å². The average molecular weight is 310 g/mol. The number of imide groups is 1. The van der Waals surface area contributed by atoms with Crippen molar-refractivity contribution < 1.29 is 9.59 Å². The number of fused-ring (bicyclic) bond motifs is 1. The summed E-state index contributed by atoms with van der Waals surface area (Å²) in [6.07, 6.45) is 3.32. The standard InChI is InChI=1S/C15H13Cl2NO2/c1-8-2-4-10-11(6-8)15(20)18(14(10)19)13-5-3-9(16)7-12(13)17/h2-3,5,7,10-11H,4,6H2,1H3/t10-,11-/m1/s1. The van der Waals surface area contributed by atoms with Crippen LogP contribution in [0.15, 0.2) is 29.8 Å². The molecule has 0 bridgehead atoms. The van der Waals surface area contributed by atoms with Crippen LogP contribution >= 0.6 is 23.2 Å². The van der Waals surface area contributed by atoms with Crippen LogP contribution in [0.5, 0.6) is 0 Å². The number of amides is 2. The Morgan fingerprint density at radius 1 is 1.15 bits per heavy atom. The van der Waals surface area contributed by atoms with Crippen molar-refractivity contribution in [3.8, 4) is 0 Å². The largest absolute Gasteiger partial charge is 0.274 e. The molecule has 2 amide bonds. The van der Waals surface area contributed by atoms with Gasteiger partial charge in [0.25, 0.3) is 0 Å². The van der Waals surface area contributed by atoms with Crippen molar-refractivity contribution in [3.63, 3.8) is 0 Å². The number of nitrogens with zero attached hydrogens (tertiary/aromatic N) is 1. The molecule has 3 nitrogen and oxygen atoms in total. The van der Waals surface area contributed by atoms with E-state index in [9.17, 15) is 9.59 Å². The first-order valence-corrected chi connectivity index (χ1v) is 7.23. The highest BCUT2D eigenvalue weighted by Crippen LogP contribution is 2.41. The maximum absolute atomic E-state index is 12.5. The summed E-state index contributed by atoms with van der Waals surface area (Å²) in [5.41, 5.74) is 1.59. The van der Waals surface area contributed by atoms with E-state index < -0.39 is 0 Å². The Kier molecular flexibility index (Phi) is 3.35. The number of anilines is 1. The van der Waals surface area contributed by atoms with E-state index >= 15 is 0 Å². The van der Waals surface area contributed by atoms with Gasteiger partial charge in [0.1, 0.15) is 0 Å². The first kappa shape index (κ1) is 13.7. The molecule has 0 unspecified atom stereocenters. The van der Waals surface area contributed by atoms with E-state index in [1.165, 1.54) is 4.90 Å². The van der Waals surface area contributed by atoms with Crippen LogP contribution in [-0.2, 0) is 9.59 Å². The topological polar surface area (TPSA) is 37.4 Å². The zero-order valence-electron chi connectivity index (χ0n) is 10.9. The van der Waals surface area contributed by atoms with E-state index in [4.69, 9.17) is 23.2 Å². The molecule has 2 aliphatic rings. The minimum absolute atomic E-state index is 0.156. The molecule has 1 fully saturated rings. The van der Waals surface area contributed by atoms with E-state index in [1.807, 2.05) is 13.0 Å². The second-order valence-corrected chi connectivity index (χ2v) is 6.15. The number of benzene rings is 1. The molecule has 1 aliphatic carbocycles. The molecular weight excluding hydrogens is 297 g/mol. The molecule has 20 heavy (non-hydrogen) atoms. The fourth-order valence-corrected chi connectivity index (χ4v) is 3.43. The van der Waals surface area contributed by atoms with Crippen LogP contribution in [0.2, 0.25) is 10.0 Å². The van der Waals surface area contributed by atoms with Crippen LogP contribution in [0.25, 0.3) is 0 Å². The molecule has 0 radical (unpaired) electrons. The molecule has 1 aromatic rings. The number of carbonyl (C=O) groups is 2. The third-order valence-electron chi connectivity index (χ3n) is 3.97. The van der Waals surface area contributed by atoms with E-state index in [2.05, 4.69) is 0 Å². The zero-order valence-corrected chi connectivity index (χ0v) is 12.4. The van der Waals surface area contributed by atoms with Gasteiger partial charge in [-0.05, 0) is 38.0 Å². The lowest BCUT2D eigenvalue weighted by molar-refractivity contribution is -0.122. The molecule has 1 saturated heterocycles. The molecule has 1 aliphatic heterocycles. The quantitative estimate of drug-likeness (QED) is 0.584. The second kappa shape index (κ2) is 4.90. The molecule has 5 heteroatoms. The lowest BCUT2D eigenvalue weighted by Gasteiger charge is -2.18. The Labute approximate surface area is 127 Å². The summed E-state index contributed by atoms with van der Waals surface area (Å²) in [6, 6.07) is 4.80. The smallest absolute Gasteiger partial charge is 0.238 e. The molecule has 0 N–H and O–H groups in total. The fraction of sp³-hybridized carbons (Fsp3) is 0.333. The van der Waals surface area contributed by atoms with Gasteiger partial charge in [0.2, 0.25) is 11.8 Å². The molecular formula is C15H13Cl2NO2. The first-order valence-electron chi connectivity index (χ1n) is 6.47. The normalized spacial score (nSPS) is 25.8. The number of hydrogen-bond acceptors (Lipinski definition) is 2. The molecule has 2 atom stereocenters. The summed E-state index contributed by atoms with van der Waals surface area (Å²) in [5.74, 6) is -0.818. The number of hydrogen-bond donors (Lipinski definition) is 0. The summed E-state index contributed by atoms with van der Waals surface area (Å²) in [6.45, 7) is 1.99. The Balaban J connectivity index is 2.00. The highest BCUT2D eigenvalue weighted by molar-refractivity contribution is 6.38. The van der Waals surface area contributed by atoms with Gasteiger partial charge in [0.05, 0.1) is 22.5 Å². The van der Waals surface area contributed by atoms with Gasteiger partial charge in [-0.25, -0.2) is 4.90 Å². The van der Waals surface area contributed by atoms with Gasteiger partial charge in [-0.2, -0.15) is 0 Å². The monoisotopic (exact) mass is 309 g/mol. The predicted octanol–water partition coefficient (Wildman–Crippen LogP) is 3.84. The van der Waals surface area contributed by atoms with Crippen LogP contribution in [-0.4, -0.2) is 11.8 Å². The third kappa shape index (κ3) is 2.05. The molecule has 104 valence electrons. The number of rotatable bonds is 1. The lowest BCUT2D eigenvalue weighted by Crippen LogP contribution is -2.31. The minimum atomic E-state index is -0.252. The number of carbonyl (C=O) groups excluding carboxylic acids is 2. The van der Waals surface area contributed by atoms with Gasteiger partial charge in [-0.3, -0.25) is 9.59 Å². The maximum Gasteiger partial charge on any atom is 0.238 e. The molecule has 3 rings (SSSR count). The Bertz CT molecular complexity index is 639. The summed E-state index contributed by atoms with van der Waals surface area (Å²) in [7, 11) is 0. The van der Waals surface area contributed by atoms with E-state index in [0.29, 0.717) is 28.6 Å². The molecule has 0 saturated carbocycles. The van der Waals surface area contributed by atoms with Gasteiger partial charge in [-0.15, -0.1) is 0 Å². The van der Waals surface area contributed by atoms with Crippen molar-refractivity contribution >= 4 is 40.7 Å². The Morgan fingerprint density at radius 3 is 2.55 bits per heavy atom. The number of halogens is 2. The van der Waals surface area contributed by atoms with Crippen LogP contribution in [0.3, 0.4) is 0 Å². The molecule has 0 aromatic heterocycles. The highest BCUT2D eigenvalue weighted by Gasteiger charge is 2.49. The summed E-state index contributed by atoms with van der Waals surface area (Å²) < 4.78 is 0. The average Bonchev–Trinajstić information content (AvgIpc) is 2.63. The van der Waals surface area contributed by atoms with E-state index in [-0.39, 0.29) is 23.7 Å². The minimum Gasteiger partial charge on any atom is -0.274 e. The molecule has 0 spiro atoms. The Hall–Kier alpha value is -1.32. The van der Waals surface area contributed by atoms with Gasteiger partial charge >= 0.3 is 0 Å². The van der Waals surface area contributed by atoms with Crippen LogP contribution < -0.4 is 4.90 Å². The zero-order chi connectivity index (χ0) is 14.4. The summed E-state index contributed by atoms with van der Waals surface area (Å²) in [4.78, 5) is 26.2. The SMILES string of the molecule is CC1=CC[C@H]2C(=O)N(c3ccc(Cl)cc3Cl)C(=O)[C@@H]2C1. The lowest BCUT2D eigenvalue weighted by atomic mass is 9.82. The molecule has 1 heterocycles. The van der Waals surface area contributed by atoms with Gasteiger partial charge in [-0.1, -0.05) is 34.9 Å². The summed E-state index contributed by atoms with van der Waals surface area (Å²) >= 11 is 12.0. The van der Waals surface area contributed by atoms with Crippen molar-refractivity contribution in [2.45, 2.75) is 19.8 Å². The van der Waals surface area contributed by atoms with Crippen molar-refractivity contribution in [1.29, 1.82) is 0 Å². The van der Waals surface area contributed by atoms with Gasteiger partial charge < -0.3 is 0 Å². The summed E-state index contributed by atoms with van der Waals surface area (Å²) in [5, 5.41) is 0.801. The van der Waals surface area contributed by atoms with Crippen molar-refractivity contribution in [2.75, 3.05) is 4.90 Å². The van der Waals surface area contributed by atoms with E-state index in [0.717, 1.165) is 5.57 Å². The Morgan fingerprint density at radius 2 is 1.85 bits per heavy atom. The van der Waals surface area contributed by atoms with Crippen molar-refractivity contribution in [2.24, 2.45) is 11.8 Å². The highest BCUT2D eigenvalue weighted by atomic mass is 35.5. The van der Waals surface area contributed by atoms with Gasteiger partial charge in [0.15, 0.2) is 0 Å². The van der Waals surface area contributed by atoms with Crippen molar-refractivity contribution in [1.82, 2.24) is 0 Å². The van der Waals surface area contributed by atoms with E-state index in [1.54, 1.807) is 18.2 Å².